The van der Waals surface area contributed by atoms with Gasteiger partial charge in [-0.25, -0.2) is 8.78 Å². The summed E-state index contributed by atoms with van der Waals surface area (Å²) in [7, 11) is 0. The van der Waals surface area contributed by atoms with Crippen molar-refractivity contribution in [3.8, 4) is 17.2 Å². The van der Waals surface area contributed by atoms with Crippen LogP contribution in [0.3, 0.4) is 0 Å². The topological polar surface area (TPSA) is 68.5 Å². The van der Waals surface area contributed by atoms with Crippen LogP contribution in [0.4, 0.5) is 8.78 Å². The number of likely N-dealkylation sites (tertiary alicyclic amines) is 1. The van der Waals surface area contributed by atoms with Crippen molar-refractivity contribution in [2.45, 2.75) is 12.8 Å². The number of aromatic nitrogens is 2. The Morgan fingerprint density at radius 2 is 1.79 bits per heavy atom. The van der Waals surface area contributed by atoms with Gasteiger partial charge in [0.25, 0.3) is 11.8 Å². The molecule has 2 heterocycles. The first-order valence-corrected chi connectivity index (χ1v) is 9.31. The van der Waals surface area contributed by atoms with Gasteiger partial charge in [-0.15, -0.1) is 0 Å². The first-order chi connectivity index (χ1) is 14.1. The quantitative estimate of drug-likeness (QED) is 0.635. The van der Waals surface area contributed by atoms with E-state index in [4.69, 9.17) is 9.26 Å². The number of carbonyl (C=O) groups is 1. The number of halogens is 2. The van der Waals surface area contributed by atoms with Crippen molar-refractivity contribution in [3.63, 3.8) is 0 Å². The predicted octanol–water partition coefficient (Wildman–Crippen LogP) is 3.48. The van der Waals surface area contributed by atoms with Crippen molar-refractivity contribution in [2.24, 2.45) is 5.92 Å². The highest BCUT2D eigenvalue weighted by Crippen LogP contribution is 2.23. The molecule has 0 N–H and O–H groups in total. The van der Waals surface area contributed by atoms with Gasteiger partial charge in [-0.05, 0) is 60.9 Å². The zero-order valence-electron chi connectivity index (χ0n) is 15.6. The van der Waals surface area contributed by atoms with E-state index in [1.54, 1.807) is 17.0 Å². The zero-order chi connectivity index (χ0) is 20.2. The van der Waals surface area contributed by atoms with E-state index in [2.05, 4.69) is 10.1 Å². The van der Waals surface area contributed by atoms with Crippen molar-refractivity contribution in [3.05, 3.63) is 66.0 Å². The number of ether oxygens (including phenoxy) is 1. The van der Waals surface area contributed by atoms with Crippen LogP contribution in [0.5, 0.6) is 5.75 Å². The van der Waals surface area contributed by atoms with Crippen LogP contribution in [0, 0.1) is 17.6 Å². The summed E-state index contributed by atoms with van der Waals surface area (Å²) in [4.78, 5) is 18.5. The molecule has 1 saturated heterocycles. The summed E-state index contributed by atoms with van der Waals surface area (Å²) in [5.74, 6) is 0.795. The molecule has 8 heteroatoms. The molecule has 1 amide bonds. The lowest BCUT2D eigenvalue weighted by Gasteiger charge is -2.16. The second-order valence-corrected chi connectivity index (χ2v) is 6.96. The summed E-state index contributed by atoms with van der Waals surface area (Å²) in [5, 5.41) is 3.99. The van der Waals surface area contributed by atoms with Crippen LogP contribution in [0.15, 0.2) is 53.1 Å². The number of nitrogens with zero attached hydrogens (tertiary/aromatic N) is 3. The van der Waals surface area contributed by atoms with Gasteiger partial charge in [-0.3, -0.25) is 4.79 Å². The number of amides is 1. The molecule has 4 rings (SSSR count). The maximum absolute atomic E-state index is 13.0. The van der Waals surface area contributed by atoms with Crippen LogP contribution in [0.1, 0.15) is 12.2 Å². The van der Waals surface area contributed by atoms with Crippen molar-refractivity contribution >= 4 is 5.91 Å². The van der Waals surface area contributed by atoms with Gasteiger partial charge >= 0.3 is 0 Å². The molecule has 6 nitrogen and oxygen atoms in total. The molecule has 0 aliphatic carbocycles. The normalized spacial score (nSPS) is 16.2. The fourth-order valence-corrected chi connectivity index (χ4v) is 3.30. The molecule has 1 aliphatic rings. The minimum Gasteiger partial charge on any atom is -0.484 e. The lowest BCUT2D eigenvalue weighted by molar-refractivity contribution is -0.132. The van der Waals surface area contributed by atoms with Crippen LogP contribution in [0.25, 0.3) is 11.5 Å². The lowest BCUT2D eigenvalue weighted by atomic mass is 10.1. The Morgan fingerprint density at radius 3 is 2.52 bits per heavy atom. The first-order valence-electron chi connectivity index (χ1n) is 9.31. The third-order valence-corrected chi connectivity index (χ3v) is 4.85. The van der Waals surface area contributed by atoms with Gasteiger partial charge in [-0.1, -0.05) is 5.16 Å². The van der Waals surface area contributed by atoms with Gasteiger partial charge in [0.05, 0.1) is 0 Å². The number of hydrogen-bond donors (Lipinski definition) is 0. The van der Waals surface area contributed by atoms with E-state index >= 15 is 0 Å². The SMILES string of the molecule is O=C(COc1ccc(F)cc1)N1CCC(Cc2noc(-c3ccc(F)cc3)n2)C1. The van der Waals surface area contributed by atoms with Crippen molar-refractivity contribution in [2.75, 3.05) is 19.7 Å². The summed E-state index contributed by atoms with van der Waals surface area (Å²) in [6.07, 6.45) is 1.43. The minimum absolute atomic E-state index is 0.0880. The minimum atomic E-state index is -0.352. The molecule has 150 valence electrons. The van der Waals surface area contributed by atoms with Crippen LogP contribution in [-0.2, 0) is 11.2 Å². The maximum Gasteiger partial charge on any atom is 0.260 e. The first kappa shape index (κ1) is 19.0. The van der Waals surface area contributed by atoms with E-state index in [0.717, 1.165) is 6.42 Å². The molecule has 29 heavy (non-hydrogen) atoms. The number of hydrogen-bond acceptors (Lipinski definition) is 5. The van der Waals surface area contributed by atoms with Crippen molar-refractivity contribution in [1.29, 1.82) is 0 Å². The molecule has 1 fully saturated rings. The molecular formula is C21H19F2N3O3. The average Bonchev–Trinajstić information content (AvgIpc) is 3.38. The third kappa shape index (κ3) is 4.77. The van der Waals surface area contributed by atoms with Crippen molar-refractivity contribution in [1.82, 2.24) is 15.0 Å². The zero-order valence-corrected chi connectivity index (χ0v) is 15.6. The molecule has 1 unspecified atom stereocenters. The van der Waals surface area contributed by atoms with Gasteiger partial charge in [0.1, 0.15) is 17.4 Å². The van der Waals surface area contributed by atoms with E-state index in [-0.39, 0.29) is 30.1 Å². The van der Waals surface area contributed by atoms with Gasteiger partial charge in [-0.2, -0.15) is 4.98 Å². The Bertz CT molecular complexity index is 974. The number of benzene rings is 2. The van der Waals surface area contributed by atoms with Crippen LogP contribution < -0.4 is 4.74 Å². The number of rotatable bonds is 6. The summed E-state index contributed by atoms with van der Waals surface area (Å²) < 4.78 is 36.6. The molecule has 0 spiro atoms. The van der Waals surface area contributed by atoms with Gasteiger partial charge < -0.3 is 14.2 Å². The highest BCUT2D eigenvalue weighted by molar-refractivity contribution is 5.78. The Kier molecular flexibility index (Phi) is 5.50. The van der Waals surface area contributed by atoms with E-state index in [0.29, 0.717) is 42.5 Å². The fourth-order valence-electron chi connectivity index (χ4n) is 3.30. The van der Waals surface area contributed by atoms with Gasteiger partial charge in [0.2, 0.25) is 0 Å². The second kappa shape index (κ2) is 8.38. The van der Waals surface area contributed by atoms with Gasteiger partial charge in [0, 0.05) is 25.1 Å². The molecule has 1 atom stereocenters. The highest BCUT2D eigenvalue weighted by atomic mass is 19.1. The molecular weight excluding hydrogens is 380 g/mol. The summed E-state index contributed by atoms with van der Waals surface area (Å²) in [6.45, 7) is 1.14. The largest absolute Gasteiger partial charge is 0.484 e. The maximum atomic E-state index is 13.0. The average molecular weight is 399 g/mol. The second-order valence-electron chi connectivity index (χ2n) is 6.96. The Morgan fingerprint density at radius 1 is 1.10 bits per heavy atom. The standard InChI is InChI=1S/C21H19F2N3O3/c22-16-3-1-15(2-4-16)21-24-19(25-29-21)11-14-9-10-26(12-14)20(27)13-28-18-7-5-17(23)6-8-18/h1-8,14H,9-13H2. The van der Waals surface area contributed by atoms with E-state index < -0.39 is 0 Å². The lowest BCUT2D eigenvalue weighted by Crippen LogP contribution is -2.33. The van der Waals surface area contributed by atoms with Crippen LogP contribution in [-0.4, -0.2) is 40.6 Å². The molecule has 2 aromatic carbocycles. The van der Waals surface area contributed by atoms with Crippen molar-refractivity contribution < 1.29 is 22.8 Å². The Labute approximate surface area is 166 Å². The molecule has 1 aromatic heterocycles. The smallest absolute Gasteiger partial charge is 0.260 e. The van der Waals surface area contributed by atoms with E-state index in [1.165, 1.54) is 36.4 Å². The van der Waals surface area contributed by atoms with Crippen LogP contribution in [0.2, 0.25) is 0 Å². The molecule has 1 aliphatic heterocycles. The summed E-state index contributed by atoms with van der Waals surface area (Å²) in [6, 6.07) is 11.4. The Balaban J connectivity index is 1.28. The Hall–Kier alpha value is -3.29. The van der Waals surface area contributed by atoms with E-state index in [1.807, 2.05) is 0 Å². The van der Waals surface area contributed by atoms with E-state index in [9.17, 15) is 13.6 Å². The van der Waals surface area contributed by atoms with Crippen LogP contribution >= 0.6 is 0 Å². The predicted molar refractivity (Wildman–Crippen MR) is 100.0 cm³/mol. The summed E-state index contributed by atoms with van der Waals surface area (Å²) in [5.41, 5.74) is 0.659. The highest BCUT2D eigenvalue weighted by Gasteiger charge is 2.28. The molecule has 0 bridgehead atoms. The molecule has 0 saturated carbocycles. The molecule has 0 radical (unpaired) electrons. The number of carbonyl (C=O) groups excluding carboxylic acids is 1. The monoisotopic (exact) mass is 399 g/mol. The molecule has 3 aromatic rings. The fraction of sp³-hybridized carbons (Fsp3) is 0.286. The summed E-state index contributed by atoms with van der Waals surface area (Å²) >= 11 is 0. The van der Waals surface area contributed by atoms with Gasteiger partial charge in [0.15, 0.2) is 12.4 Å². The third-order valence-electron chi connectivity index (χ3n) is 4.85.